The number of hydrogen-bond acceptors (Lipinski definition) is 0. The quantitative estimate of drug-likeness (QED) is 0.149. The lowest BCUT2D eigenvalue weighted by molar-refractivity contribution is 0.659. The highest BCUT2D eigenvalue weighted by Gasteiger charge is 2.40. The van der Waals surface area contributed by atoms with Crippen LogP contribution in [0.3, 0.4) is 0 Å². The number of fused-ring (bicyclic) bond motifs is 12. The van der Waals surface area contributed by atoms with E-state index >= 15 is 0 Å². The Morgan fingerprint density at radius 1 is 0.143 bits per heavy atom. The predicted molar refractivity (Wildman–Crippen MR) is 355 cm³/mol. The van der Waals surface area contributed by atoms with Crippen molar-refractivity contribution in [2.45, 2.75) is 77.0 Å². The highest BCUT2D eigenvalue weighted by Crippen LogP contribution is 2.56. The molecule has 0 amide bonds. The minimum atomic E-state index is -0.201. The molecule has 0 unspecified atom stereocenters. The van der Waals surface area contributed by atoms with E-state index in [1.54, 1.807) is 0 Å². The molecule has 0 saturated heterocycles. The lowest BCUT2D eigenvalue weighted by atomic mass is 9.79. The van der Waals surface area contributed by atoms with E-state index in [9.17, 15) is 0 Å². The molecule has 0 aromatic heterocycles. The highest BCUT2D eigenvalue weighted by atomic mass is 14.4. The van der Waals surface area contributed by atoms with Crippen LogP contribution >= 0.6 is 0 Å². The predicted octanol–water partition coefficient (Wildman–Crippen LogP) is 22.6. The maximum Gasteiger partial charge on any atom is 0.0159 e. The van der Waals surface area contributed by atoms with Gasteiger partial charge in [-0.3, -0.25) is 0 Å². The van der Waals surface area contributed by atoms with Crippen molar-refractivity contribution in [1.29, 1.82) is 0 Å². The topological polar surface area (TPSA) is 0 Å². The van der Waals surface area contributed by atoms with E-state index in [1.165, 1.54) is 167 Å². The van der Waals surface area contributed by atoms with Gasteiger partial charge in [0.15, 0.2) is 0 Å². The molecule has 0 spiro atoms. The zero-order valence-electron chi connectivity index (χ0n) is 49.2. The zero-order valence-corrected chi connectivity index (χ0v) is 49.2. The SMILES string of the molecule is CC1(C)c2ccccc2-c2ccc(-c3cc(-c4ccccc4)cc(-c4ccc5c(c4)C(C)(C)c4cc(-c6ccc7c(c6)C(C)(C)c6cc(-c8ccc9c(c8)C(C)(C)c8cc(-c%10ccccc%10-c%10ccccc%10)ccc8-9)ccc6-7)ccc4-5)c3)cc21. The first-order valence-electron chi connectivity index (χ1n) is 30.1. The van der Waals surface area contributed by atoms with Crippen molar-refractivity contribution in [3.63, 3.8) is 0 Å². The number of hydrogen-bond donors (Lipinski definition) is 0. The maximum absolute atomic E-state index is 2.49. The first-order chi connectivity index (χ1) is 40.6. The molecule has 4 aliphatic rings. The standard InChI is InChI=1S/C84H66/c1-81(2)73-26-18-17-25-65(73)66-38-31-57(48-74(66)81)61-41-60(51-19-11-9-12-20-51)42-62(43-61)58-32-39-71-69-36-29-55(46-77(69)83(5,6)79(71)49-58)53-27-34-67-68-35-28-54(45-76(68)82(3,4)75(67)44-53)56-30-37-70-72-40-33-59(50-80(72)84(7,8)78(70)47-56)64-24-16-15-23-63(64)52-21-13-10-14-22-52/h9-50H,1-8H3. The molecule has 0 heterocycles. The molecule has 0 heteroatoms. The van der Waals surface area contributed by atoms with E-state index < -0.39 is 0 Å². The molecule has 0 radical (unpaired) electrons. The molecule has 0 aliphatic heterocycles. The van der Waals surface area contributed by atoms with Gasteiger partial charge >= 0.3 is 0 Å². The smallest absolute Gasteiger partial charge is 0.0159 e. The van der Waals surface area contributed by atoms with Crippen LogP contribution in [0, 0.1) is 0 Å². The summed E-state index contributed by atoms with van der Waals surface area (Å²) in [6.07, 6.45) is 0. The first-order valence-corrected chi connectivity index (χ1v) is 30.1. The second kappa shape index (κ2) is 18.1. The Morgan fingerprint density at radius 2 is 0.369 bits per heavy atom. The van der Waals surface area contributed by atoms with Crippen LogP contribution in [0.1, 0.15) is 99.9 Å². The molecule has 0 bridgehead atoms. The summed E-state index contributed by atoms with van der Waals surface area (Å²) in [6, 6.07) is 97.0. The molecule has 0 N–H and O–H groups in total. The van der Waals surface area contributed by atoms with Crippen LogP contribution in [0.25, 0.3) is 122 Å². The minimum Gasteiger partial charge on any atom is -0.0622 e. The number of benzene rings is 12. The molecule has 0 nitrogen and oxygen atoms in total. The summed E-state index contributed by atoms with van der Waals surface area (Å²) in [5.41, 5.74) is 38.8. The summed E-state index contributed by atoms with van der Waals surface area (Å²) in [6.45, 7) is 19.2. The van der Waals surface area contributed by atoms with Crippen molar-refractivity contribution in [1.82, 2.24) is 0 Å². The van der Waals surface area contributed by atoms with Gasteiger partial charge in [0.1, 0.15) is 0 Å². The lowest BCUT2D eigenvalue weighted by Gasteiger charge is -2.24. The van der Waals surface area contributed by atoms with Gasteiger partial charge in [-0.15, -0.1) is 0 Å². The summed E-state index contributed by atoms with van der Waals surface area (Å²) in [7, 11) is 0. The second-order valence-electron chi connectivity index (χ2n) is 26.4. The fourth-order valence-corrected chi connectivity index (χ4v) is 15.5. The van der Waals surface area contributed by atoms with E-state index in [0.717, 1.165) is 0 Å². The Balaban J connectivity index is 0.692. The van der Waals surface area contributed by atoms with Crippen LogP contribution in [0.2, 0.25) is 0 Å². The van der Waals surface area contributed by atoms with Crippen LogP contribution in [0.15, 0.2) is 255 Å². The highest BCUT2D eigenvalue weighted by molar-refractivity contribution is 5.93. The van der Waals surface area contributed by atoms with E-state index in [-0.39, 0.29) is 21.7 Å². The van der Waals surface area contributed by atoms with Gasteiger partial charge in [-0.25, -0.2) is 0 Å². The van der Waals surface area contributed by atoms with Gasteiger partial charge in [0.05, 0.1) is 0 Å². The monoisotopic (exact) mass is 1070 g/mol. The van der Waals surface area contributed by atoms with Gasteiger partial charge in [0, 0.05) is 21.7 Å². The average Bonchev–Trinajstić information content (AvgIpc) is 1.99. The van der Waals surface area contributed by atoms with Crippen LogP contribution in [0.4, 0.5) is 0 Å². The molecular formula is C84H66. The fourth-order valence-electron chi connectivity index (χ4n) is 15.5. The summed E-state index contributed by atoms with van der Waals surface area (Å²) < 4.78 is 0. The Bertz CT molecular complexity index is 4750. The minimum absolute atomic E-state index is 0.0710. The van der Waals surface area contributed by atoms with Gasteiger partial charge in [0.2, 0.25) is 0 Å². The number of rotatable bonds is 7. The molecule has 0 atom stereocenters. The van der Waals surface area contributed by atoms with Crippen LogP contribution in [0.5, 0.6) is 0 Å². The Morgan fingerprint density at radius 3 is 0.726 bits per heavy atom. The molecule has 84 heavy (non-hydrogen) atoms. The van der Waals surface area contributed by atoms with Crippen molar-refractivity contribution in [2.24, 2.45) is 0 Å². The van der Waals surface area contributed by atoms with Crippen molar-refractivity contribution in [3.05, 3.63) is 299 Å². The zero-order chi connectivity index (χ0) is 57.0. The summed E-state index contributed by atoms with van der Waals surface area (Å²) in [5, 5.41) is 0. The second-order valence-corrected chi connectivity index (χ2v) is 26.4. The van der Waals surface area contributed by atoms with Gasteiger partial charge in [-0.2, -0.15) is 0 Å². The average molecular weight is 1080 g/mol. The molecule has 0 saturated carbocycles. The third kappa shape index (κ3) is 7.45. The van der Waals surface area contributed by atoms with Crippen molar-refractivity contribution < 1.29 is 0 Å². The molecule has 12 aromatic rings. The normalized spacial score (nSPS) is 15.3. The molecular weight excluding hydrogens is 1010 g/mol. The van der Waals surface area contributed by atoms with Gasteiger partial charge in [-0.1, -0.05) is 250 Å². The third-order valence-corrected chi connectivity index (χ3v) is 20.3. The van der Waals surface area contributed by atoms with Gasteiger partial charge in [0.25, 0.3) is 0 Å². The van der Waals surface area contributed by atoms with E-state index in [4.69, 9.17) is 0 Å². The van der Waals surface area contributed by atoms with Crippen LogP contribution in [-0.4, -0.2) is 0 Å². The molecule has 0 fully saturated rings. The third-order valence-electron chi connectivity index (χ3n) is 20.3. The molecule has 402 valence electrons. The Kier molecular flexibility index (Phi) is 10.8. The molecule has 12 aromatic carbocycles. The lowest BCUT2D eigenvalue weighted by Crippen LogP contribution is -2.16. The van der Waals surface area contributed by atoms with E-state index in [1.807, 2.05) is 0 Å². The largest absolute Gasteiger partial charge is 0.0622 e. The van der Waals surface area contributed by atoms with Gasteiger partial charge < -0.3 is 0 Å². The maximum atomic E-state index is 2.49. The van der Waals surface area contributed by atoms with E-state index in [0.29, 0.717) is 0 Å². The Hall–Kier alpha value is -9.36. The van der Waals surface area contributed by atoms with Crippen molar-refractivity contribution >= 4 is 0 Å². The molecule has 16 rings (SSSR count). The molecule has 4 aliphatic carbocycles. The van der Waals surface area contributed by atoms with Crippen molar-refractivity contribution in [3.8, 4) is 122 Å². The van der Waals surface area contributed by atoms with Crippen molar-refractivity contribution in [2.75, 3.05) is 0 Å². The van der Waals surface area contributed by atoms with Gasteiger partial charge in [-0.05, 0) is 228 Å². The summed E-state index contributed by atoms with van der Waals surface area (Å²) in [4.78, 5) is 0. The van der Waals surface area contributed by atoms with Crippen LogP contribution in [-0.2, 0) is 21.7 Å². The summed E-state index contributed by atoms with van der Waals surface area (Å²) in [5.74, 6) is 0. The van der Waals surface area contributed by atoms with Crippen LogP contribution < -0.4 is 0 Å². The first kappa shape index (κ1) is 50.4. The Labute approximate surface area is 495 Å². The van der Waals surface area contributed by atoms with E-state index in [2.05, 4.69) is 310 Å². The summed E-state index contributed by atoms with van der Waals surface area (Å²) >= 11 is 0. The fraction of sp³-hybridized carbons (Fsp3) is 0.143.